The van der Waals surface area contributed by atoms with E-state index in [1.165, 1.54) is 0 Å². The molecule has 2 amide bonds. The molecule has 2 rings (SSSR count). The number of amides is 2. The van der Waals surface area contributed by atoms with Crippen LogP contribution in [0.4, 0.5) is 5.69 Å². The molecule has 28 heavy (non-hydrogen) atoms. The molecule has 0 bridgehead atoms. The number of aryl methyl sites for hydroxylation is 1. The zero-order valence-corrected chi connectivity index (χ0v) is 17.0. The zero-order chi connectivity index (χ0) is 20.6. The molecule has 0 aliphatic rings. The number of nitrogens with one attached hydrogen (secondary N) is 2. The Morgan fingerprint density at radius 3 is 2.14 bits per heavy atom. The lowest BCUT2D eigenvalue weighted by atomic mass is 10.2. The number of sulfone groups is 1. The van der Waals surface area contributed by atoms with E-state index in [4.69, 9.17) is 0 Å². The third-order valence-electron chi connectivity index (χ3n) is 4.18. The van der Waals surface area contributed by atoms with Gasteiger partial charge in [-0.05, 0) is 43.2 Å². The van der Waals surface area contributed by atoms with Crippen LogP contribution < -0.4 is 10.6 Å². The van der Waals surface area contributed by atoms with Gasteiger partial charge in [0.05, 0.1) is 10.6 Å². The second-order valence-corrected chi connectivity index (χ2v) is 8.76. The number of benzene rings is 2. The van der Waals surface area contributed by atoms with Gasteiger partial charge in [0.25, 0.3) is 0 Å². The molecule has 0 aromatic heterocycles. The van der Waals surface area contributed by atoms with Gasteiger partial charge in [-0.15, -0.1) is 0 Å². The van der Waals surface area contributed by atoms with Gasteiger partial charge >= 0.3 is 0 Å². The Morgan fingerprint density at radius 1 is 0.893 bits per heavy atom. The quantitative estimate of drug-likeness (QED) is 0.674. The van der Waals surface area contributed by atoms with Crippen molar-refractivity contribution in [1.29, 1.82) is 0 Å². The topological polar surface area (TPSA) is 92.3 Å². The molecule has 0 aliphatic heterocycles. The van der Waals surface area contributed by atoms with Crippen LogP contribution in [0.15, 0.2) is 53.4 Å². The van der Waals surface area contributed by atoms with Crippen LogP contribution >= 0.6 is 0 Å². The van der Waals surface area contributed by atoms with E-state index in [1.807, 2.05) is 26.0 Å². The molecule has 150 valence electrons. The average molecular weight is 403 g/mol. The summed E-state index contributed by atoms with van der Waals surface area (Å²) < 4.78 is 24.6. The summed E-state index contributed by atoms with van der Waals surface area (Å²) in [5.74, 6) is -0.584. The van der Waals surface area contributed by atoms with Gasteiger partial charge in [-0.1, -0.05) is 36.8 Å². The Morgan fingerprint density at radius 2 is 1.54 bits per heavy atom. The molecule has 2 aromatic rings. The van der Waals surface area contributed by atoms with Gasteiger partial charge < -0.3 is 10.6 Å². The predicted octanol–water partition coefficient (Wildman–Crippen LogP) is 3.21. The van der Waals surface area contributed by atoms with Gasteiger partial charge in [0.15, 0.2) is 9.84 Å². The molecule has 0 atom stereocenters. The Bertz CT molecular complexity index is 904. The van der Waals surface area contributed by atoms with E-state index < -0.39 is 9.84 Å². The maximum atomic E-state index is 12.3. The summed E-state index contributed by atoms with van der Waals surface area (Å²) in [6.45, 7) is 4.12. The first-order valence-electron chi connectivity index (χ1n) is 9.25. The number of hydrogen-bond donors (Lipinski definition) is 2. The maximum absolute atomic E-state index is 12.3. The fourth-order valence-corrected chi connectivity index (χ4v) is 3.78. The lowest BCUT2D eigenvalue weighted by Gasteiger charge is -2.08. The van der Waals surface area contributed by atoms with Crippen LogP contribution in [0.2, 0.25) is 0 Å². The number of rotatable bonds is 9. The second-order valence-electron chi connectivity index (χ2n) is 6.65. The van der Waals surface area contributed by atoms with Gasteiger partial charge in [0.2, 0.25) is 11.8 Å². The molecular weight excluding hydrogens is 376 g/mol. The number of carbonyl (C=O) groups excluding carboxylic acids is 2. The van der Waals surface area contributed by atoms with Crippen LogP contribution in [0, 0.1) is 6.92 Å². The van der Waals surface area contributed by atoms with E-state index in [-0.39, 0.29) is 28.9 Å². The van der Waals surface area contributed by atoms with E-state index >= 15 is 0 Å². The molecule has 0 saturated heterocycles. The van der Waals surface area contributed by atoms with Gasteiger partial charge in [-0.25, -0.2) is 8.42 Å². The number of carbonyl (C=O) groups is 2. The first kappa shape index (κ1) is 21.6. The lowest BCUT2D eigenvalue weighted by Crippen LogP contribution is -2.25. The summed E-state index contributed by atoms with van der Waals surface area (Å²) in [5, 5.41) is 5.52. The van der Waals surface area contributed by atoms with Crippen molar-refractivity contribution in [3.05, 3.63) is 59.7 Å². The maximum Gasteiger partial charge on any atom is 0.224 e. The second kappa shape index (κ2) is 10.0. The molecule has 0 radical (unpaired) electrons. The lowest BCUT2D eigenvalue weighted by molar-refractivity contribution is -0.121. The molecule has 2 N–H and O–H groups in total. The standard InChI is InChI=1S/C21H26N2O4S/c1-3-4-21(25)23-18-9-7-17(8-10-18)15-22-20(24)13-14-28(26,27)19-11-5-16(2)6-12-19/h5-12H,3-4,13-15H2,1-2H3,(H,22,24)(H,23,25). The van der Waals surface area contributed by atoms with Crippen molar-refractivity contribution < 1.29 is 18.0 Å². The van der Waals surface area contributed by atoms with Crippen molar-refractivity contribution in [2.45, 2.75) is 44.6 Å². The van der Waals surface area contributed by atoms with Gasteiger partial charge in [-0.3, -0.25) is 9.59 Å². The minimum absolute atomic E-state index is 0.0293. The summed E-state index contributed by atoms with van der Waals surface area (Å²) in [4.78, 5) is 23.8. The van der Waals surface area contributed by atoms with Crippen molar-refractivity contribution in [2.24, 2.45) is 0 Å². The fraction of sp³-hybridized carbons (Fsp3) is 0.333. The van der Waals surface area contributed by atoms with Crippen molar-refractivity contribution in [3.8, 4) is 0 Å². The highest BCUT2D eigenvalue weighted by atomic mass is 32.2. The van der Waals surface area contributed by atoms with Gasteiger partial charge in [-0.2, -0.15) is 0 Å². The van der Waals surface area contributed by atoms with Crippen LogP contribution in [0.3, 0.4) is 0 Å². The van der Waals surface area contributed by atoms with E-state index in [1.54, 1.807) is 36.4 Å². The van der Waals surface area contributed by atoms with E-state index in [0.717, 1.165) is 17.5 Å². The Balaban J connectivity index is 1.80. The van der Waals surface area contributed by atoms with Crippen LogP contribution in [0.1, 0.15) is 37.3 Å². The van der Waals surface area contributed by atoms with Crippen molar-refractivity contribution in [1.82, 2.24) is 5.32 Å². The summed E-state index contributed by atoms with van der Waals surface area (Å²) >= 11 is 0. The first-order chi connectivity index (χ1) is 13.3. The summed E-state index contributed by atoms with van der Waals surface area (Å²) in [5.41, 5.74) is 2.55. The van der Waals surface area contributed by atoms with Crippen LogP contribution in [0.5, 0.6) is 0 Å². The SMILES string of the molecule is CCCC(=O)Nc1ccc(CNC(=O)CCS(=O)(=O)c2ccc(C)cc2)cc1. The molecular formula is C21H26N2O4S. The smallest absolute Gasteiger partial charge is 0.224 e. The van der Waals surface area contributed by atoms with Crippen molar-refractivity contribution in [3.63, 3.8) is 0 Å². The molecule has 6 nitrogen and oxygen atoms in total. The Hall–Kier alpha value is -2.67. The van der Waals surface area contributed by atoms with E-state index in [0.29, 0.717) is 18.7 Å². The molecule has 7 heteroatoms. The van der Waals surface area contributed by atoms with Crippen molar-refractivity contribution in [2.75, 3.05) is 11.1 Å². The minimum atomic E-state index is -3.48. The summed E-state index contributed by atoms with van der Waals surface area (Å²) in [6.07, 6.45) is 1.17. The third kappa shape index (κ3) is 6.81. The minimum Gasteiger partial charge on any atom is -0.352 e. The Kier molecular flexibility index (Phi) is 7.75. The number of anilines is 1. The number of hydrogen-bond acceptors (Lipinski definition) is 4. The molecule has 0 saturated carbocycles. The first-order valence-corrected chi connectivity index (χ1v) is 10.9. The average Bonchev–Trinajstić information content (AvgIpc) is 2.66. The molecule has 0 aliphatic carbocycles. The molecule has 0 heterocycles. The molecule has 0 unspecified atom stereocenters. The van der Waals surface area contributed by atoms with Crippen molar-refractivity contribution >= 4 is 27.3 Å². The van der Waals surface area contributed by atoms with E-state index in [2.05, 4.69) is 10.6 Å². The zero-order valence-electron chi connectivity index (χ0n) is 16.2. The predicted molar refractivity (Wildman–Crippen MR) is 110 cm³/mol. The normalized spacial score (nSPS) is 11.1. The molecule has 2 aromatic carbocycles. The highest BCUT2D eigenvalue weighted by Gasteiger charge is 2.16. The molecule has 0 fully saturated rings. The Labute approximate surface area is 166 Å². The van der Waals surface area contributed by atoms with Gasteiger partial charge in [0, 0.05) is 25.1 Å². The van der Waals surface area contributed by atoms with Crippen LogP contribution in [-0.4, -0.2) is 26.0 Å². The van der Waals surface area contributed by atoms with E-state index in [9.17, 15) is 18.0 Å². The largest absolute Gasteiger partial charge is 0.352 e. The summed E-state index contributed by atoms with van der Waals surface area (Å²) in [6, 6.07) is 13.8. The van der Waals surface area contributed by atoms with Crippen LogP contribution in [0.25, 0.3) is 0 Å². The van der Waals surface area contributed by atoms with Gasteiger partial charge in [0.1, 0.15) is 0 Å². The fourth-order valence-electron chi connectivity index (χ4n) is 2.54. The highest BCUT2D eigenvalue weighted by Crippen LogP contribution is 2.13. The highest BCUT2D eigenvalue weighted by molar-refractivity contribution is 7.91. The van der Waals surface area contributed by atoms with Crippen LogP contribution in [-0.2, 0) is 26.0 Å². The summed E-state index contributed by atoms with van der Waals surface area (Å²) in [7, 11) is -3.48. The third-order valence-corrected chi connectivity index (χ3v) is 5.91. The molecule has 0 spiro atoms. The monoisotopic (exact) mass is 402 g/mol.